The molecule has 0 fully saturated rings. The normalized spacial score (nSPS) is 12.2. The van der Waals surface area contributed by atoms with Crippen LogP contribution in [-0.4, -0.2) is 19.1 Å². The van der Waals surface area contributed by atoms with Gasteiger partial charge < -0.3 is 0 Å². The van der Waals surface area contributed by atoms with Crippen molar-refractivity contribution in [1.29, 1.82) is 0 Å². The molecule has 0 aromatic heterocycles. The molecule has 1 nitrogen and oxygen atoms in total. The zero-order valence-electron chi connectivity index (χ0n) is 10.1. The Kier molecular flexibility index (Phi) is 4.03. The fourth-order valence-electron chi connectivity index (χ4n) is 2.25. The molecule has 0 spiro atoms. The van der Waals surface area contributed by atoms with Crippen LogP contribution in [0.15, 0.2) is 18.2 Å². The van der Waals surface area contributed by atoms with Crippen molar-refractivity contribution in [2.24, 2.45) is 0 Å². The van der Waals surface area contributed by atoms with Crippen LogP contribution in [0.1, 0.15) is 20.8 Å². The average molecular weight is 227 g/mol. The van der Waals surface area contributed by atoms with Gasteiger partial charge in [-0.05, 0) is 32.9 Å². The number of quaternary nitrogens is 1. The molecule has 0 amide bonds. The molecule has 1 radical (unpaired) electrons. The molecule has 89 valence electrons. The van der Waals surface area contributed by atoms with Crippen molar-refractivity contribution in [3.63, 3.8) is 0 Å². The maximum Gasteiger partial charge on any atom is 0.184 e. The first-order chi connectivity index (χ1) is 7.47. The van der Waals surface area contributed by atoms with Crippen molar-refractivity contribution in [3.8, 4) is 0 Å². The highest BCUT2D eigenvalue weighted by molar-refractivity contribution is 5.45. The van der Waals surface area contributed by atoms with E-state index >= 15 is 0 Å². The Balaban J connectivity index is 3.36. The summed E-state index contributed by atoms with van der Waals surface area (Å²) >= 11 is 0. The molecule has 1 aromatic carbocycles. The number of hydrogen-bond donors (Lipinski definition) is 0. The van der Waals surface area contributed by atoms with Crippen molar-refractivity contribution in [1.82, 2.24) is 4.48 Å². The summed E-state index contributed by atoms with van der Waals surface area (Å²) in [6, 6.07) is 3.59. The monoisotopic (exact) mass is 227 g/mol. The maximum absolute atomic E-state index is 13.8. The second kappa shape index (κ2) is 4.91. The topological polar surface area (TPSA) is 0 Å². The Morgan fingerprint density at radius 1 is 1.25 bits per heavy atom. The van der Waals surface area contributed by atoms with E-state index in [9.17, 15) is 8.78 Å². The van der Waals surface area contributed by atoms with E-state index in [-0.39, 0.29) is 11.9 Å². The lowest BCUT2D eigenvalue weighted by atomic mass is 10.1. The molecule has 0 N–H and O–H groups in total. The SMILES string of the molecule is [CH2]C(C)[N+](CC)(CC)c1cc(F)ccc1F. The highest BCUT2D eigenvalue weighted by Crippen LogP contribution is 2.29. The van der Waals surface area contributed by atoms with Crippen LogP contribution in [0.4, 0.5) is 14.5 Å². The van der Waals surface area contributed by atoms with Crippen molar-refractivity contribution >= 4 is 5.69 Å². The van der Waals surface area contributed by atoms with Crippen molar-refractivity contribution < 1.29 is 8.78 Å². The summed E-state index contributed by atoms with van der Waals surface area (Å²) in [7, 11) is 0. The molecule has 0 saturated heterocycles. The van der Waals surface area contributed by atoms with Gasteiger partial charge in [-0.3, -0.25) is 4.48 Å². The predicted molar refractivity (Wildman–Crippen MR) is 64.1 cm³/mol. The van der Waals surface area contributed by atoms with Crippen molar-refractivity contribution in [2.45, 2.75) is 26.8 Å². The smallest absolute Gasteiger partial charge is 0.184 e. The standard InChI is InChI=1S/C13H19F2N/c1-5-16(6-2,10(3)4)13-9-11(14)7-8-12(13)15/h7-10H,3,5-6H2,1-2,4H3/q+1. The number of hydrogen-bond acceptors (Lipinski definition) is 0. The molecule has 1 atom stereocenters. The van der Waals surface area contributed by atoms with Gasteiger partial charge in [0.25, 0.3) is 0 Å². The summed E-state index contributed by atoms with van der Waals surface area (Å²) in [5, 5.41) is 0. The molecule has 1 aromatic rings. The van der Waals surface area contributed by atoms with Crippen molar-refractivity contribution in [3.05, 3.63) is 36.8 Å². The first-order valence-electron chi connectivity index (χ1n) is 5.63. The molecular weight excluding hydrogens is 208 g/mol. The quantitative estimate of drug-likeness (QED) is 0.690. The van der Waals surface area contributed by atoms with Crippen LogP contribution in [0, 0.1) is 18.6 Å². The van der Waals surface area contributed by atoms with Gasteiger partial charge in [0.15, 0.2) is 11.5 Å². The van der Waals surface area contributed by atoms with Gasteiger partial charge in [-0.25, -0.2) is 8.78 Å². The number of nitrogens with zero attached hydrogens (tertiary/aromatic N) is 1. The fourth-order valence-corrected chi connectivity index (χ4v) is 2.25. The minimum Gasteiger partial charge on any atom is -0.287 e. The molecule has 0 bridgehead atoms. The largest absolute Gasteiger partial charge is 0.287 e. The van der Waals surface area contributed by atoms with E-state index < -0.39 is 5.82 Å². The lowest BCUT2D eigenvalue weighted by Crippen LogP contribution is -2.55. The summed E-state index contributed by atoms with van der Waals surface area (Å²) in [5.74, 6) is -0.762. The number of benzene rings is 1. The zero-order chi connectivity index (χ0) is 12.3. The van der Waals surface area contributed by atoms with Crippen LogP contribution < -0.4 is 4.48 Å². The van der Waals surface area contributed by atoms with E-state index in [1.54, 1.807) is 0 Å². The van der Waals surface area contributed by atoms with E-state index in [2.05, 4.69) is 6.92 Å². The molecule has 1 unspecified atom stereocenters. The van der Waals surface area contributed by atoms with E-state index in [0.717, 1.165) is 6.07 Å². The molecule has 0 aliphatic carbocycles. The molecule has 1 rings (SSSR count). The first-order valence-corrected chi connectivity index (χ1v) is 5.63. The van der Waals surface area contributed by atoms with Crippen LogP contribution in [0.3, 0.4) is 0 Å². The molecule has 0 saturated carbocycles. The lowest BCUT2D eigenvalue weighted by molar-refractivity contribution is 0.255. The Morgan fingerprint density at radius 2 is 1.81 bits per heavy atom. The Bertz CT molecular complexity index is 357. The summed E-state index contributed by atoms with van der Waals surface area (Å²) in [5.41, 5.74) is 0.396. The van der Waals surface area contributed by atoms with Crippen LogP contribution in [0.25, 0.3) is 0 Å². The number of halogens is 2. The van der Waals surface area contributed by atoms with Gasteiger partial charge in [0.1, 0.15) is 5.82 Å². The molecule has 0 aliphatic heterocycles. The predicted octanol–water partition coefficient (Wildman–Crippen LogP) is 3.53. The van der Waals surface area contributed by atoms with Gasteiger partial charge >= 0.3 is 0 Å². The van der Waals surface area contributed by atoms with Crippen molar-refractivity contribution in [2.75, 3.05) is 13.1 Å². The summed E-state index contributed by atoms with van der Waals surface area (Å²) in [4.78, 5) is 0. The molecular formula is C13H19F2N+. The highest BCUT2D eigenvalue weighted by atomic mass is 19.1. The second-order valence-electron chi connectivity index (χ2n) is 4.11. The van der Waals surface area contributed by atoms with Gasteiger partial charge in [-0.2, -0.15) is 0 Å². The van der Waals surface area contributed by atoms with E-state index in [0.29, 0.717) is 23.3 Å². The minimum atomic E-state index is -0.401. The Morgan fingerprint density at radius 3 is 2.25 bits per heavy atom. The average Bonchev–Trinajstić information content (AvgIpc) is 2.25. The first kappa shape index (κ1) is 13.1. The Labute approximate surface area is 96.3 Å². The van der Waals surface area contributed by atoms with Gasteiger partial charge in [0, 0.05) is 13.0 Å². The number of rotatable bonds is 4. The zero-order valence-corrected chi connectivity index (χ0v) is 10.1. The summed E-state index contributed by atoms with van der Waals surface area (Å²) < 4.78 is 27.4. The Hall–Kier alpha value is -0.960. The van der Waals surface area contributed by atoms with Gasteiger partial charge in [-0.15, -0.1) is 0 Å². The molecule has 3 heteroatoms. The van der Waals surface area contributed by atoms with Crippen LogP contribution in [-0.2, 0) is 0 Å². The molecule has 0 aliphatic rings. The third-order valence-corrected chi connectivity index (χ3v) is 3.36. The summed E-state index contributed by atoms with van der Waals surface area (Å²) in [6.45, 7) is 11.2. The molecule has 0 heterocycles. The van der Waals surface area contributed by atoms with E-state index in [4.69, 9.17) is 0 Å². The lowest BCUT2D eigenvalue weighted by Gasteiger charge is -2.40. The van der Waals surface area contributed by atoms with Gasteiger partial charge in [-0.1, -0.05) is 0 Å². The second-order valence-corrected chi connectivity index (χ2v) is 4.11. The van der Waals surface area contributed by atoms with Gasteiger partial charge in [0.2, 0.25) is 0 Å². The van der Waals surface area contributed by atoms with E-state index in [1.807, 2.05) is 20.8 Å². The van der Waals surface area contributed by atoms with Crippen LogP contribution in [0.5, 0.6) is 0 Å². The summed E-state index contributed by atoms with van der Waals surface area (Å²) in [6.07, 6.45) is 0. The fraction of sp³-hybridized carbons (Fsp3) is 0.462. The van der Waals surface area contributed by atoms with E-state index in [1.165, 1.54) is 12.1 Å². The highest BCUT2D eigenvalue weighted by Gasteiger charge is 2.33. The molecule has 16 heavy (non-hydrogen) atoms. The minimum absolute atomic E-state index is 0.0219. The van der Waals surface area contributed by atoms with Crippen LogP contribution in [0.2, 0.25) is 0 Å². The van der Waals surface area contributed by atoms with Crippen LogP contribution >= 0.6 is 0 Å². The van der Waals surface area contributed by atoms with Gasteiger partial charge in [0.05, 0.1) is 19.1 Å². The third kappa shape index (κ3) is 2.09. The maximum atomic E-state index is 13.8. The third-order valence-electron chi connectivity index (χ3n) is 3.36.